The third kappa shape index (κ3) is 3.42. The van der Waals surface area contributed by atoms with Crippen LogP contribution in [0.2, 0.25) is 10.2 Å². The van der Waals surface area contributed by atoms with Gasteiger partial charge in [-0.2, -0.15) is 23.4 Å². The van der Waals surface area contributed by atoms with E-state index in [9.17, 15) is 18.1 Å². The molecule has 0 amide bonds. The Morgan fingerprint density at radius 2 is 1.94 bits per heavy atom. The molecule has 0 saturated heterocycles. The van der Waals surface area contributed by atoms with Gasteiger partial charge in [0.25, 0.3) is 4.98 Å². The quantitative estimate of drug-likeness (QED) is 0.323. The molecule has 10 nitrogen and oxygen atoms in total. The fourth-order valence-corrected chi connectivity index (χ4v) is 4.28. The minimum Gasteiger partial charge on any atom is -0.275 e. The van der Waals surface area contributed by atoms with Gasteiger partial charge in [-0.15, -0.1) is 0 Å². The van der Waals surface area contributed by atoms with Crippen LogP contribution in [0.4, 0.5) is 24.5 Å². The maximum absolute atomic E-state index is 14.2. The lowest BCUT2D eigenvalue weighted by Gasteiger charge is -2.26. The van der Waals surface area contributed by atoms with Crippen LogP contribution in [0.25, 0.3) is 17.0 Å². The van der Waals surface area contributed by atoms with Crippen molar-refractivity contribution in [3.63, 3.8) is 0 Å². The SMILES string of the molecule is Cn1ccc(-c2ncc(N[N+](=O)N3C[C@@](C)(C(F)(F)F)c4c3cnc3cc(Cl)nn43)cc2Cl)n1. The van der Waals surface area contributed by atoms with Crippen LogP contribution in [0.15, 0.2) is 36.8 Å². The lowest BCUT2D eigenvalue weighted by atomic mass is 9.88. The van der Waals surface area contributed by atoms with Crippen LogP contribution in [-0.4, -0.2) is 47.1 Å². The summed E-state index contributed by atoms with van der Waals surface area (Å²) < 4.78 is 45.2. The zero-order valence-electron chi connectivity index (χ0n) is 17.5. The van der Waals surface area contributed by atoms with Gasteiger partial charge in [0.2, 0.25) is 0 Å². The number of aryl methyl sites for hydroxylation is 1. The van der Waals surface area contributed by atoms with Crippen molar-refractivity contribution in [2.45, 2.75) is 18.5 Å². The Morgan fingerprint density at radius 1 is 1.18 bits per heavy atom. The Morgan fingerprint density at radius 3 is 2.59 bits per heavy atom. The van der Waals surface area contributed by atoms with Crippen molar-refractivity contribution < 1.29 is 18.1 Å². The van der Waals surface area contributed by atoms with Crippen LogP contribution >= 0.6 is 23.2 Å². The molecular formula is C19H15Cl2F3N9O+. The molecule has 0 bridgehead atoms. The number of nitrogens with one attached hydrogen (secondary N) is 1. The Kier molecular flexibility index (Phi) is 4.95. The van der Waals surface area contributed by atoms with E-state index in [1.807, 2.05) is 0 Å². The predicted molar refractivity (Wildman–Crippen MR) is 117 cm³/mol. The smallest absolute Gasteiger partial charge is 0.275 e. The minimum atomic E-state index is -4.70. The number of hydrogen-bond acceptors (Lipinski definition) is 5. The number of aromatic nitrogens is 6. The summed E-state index contributed by atoms with van der Waals surface area (Å²) in [5.41, 5.74) is 0.941. The van der Waals surface area contributed by atoms with E-state index in [1.54, 1.807) is 24.0 Å². The first kappa shape index (κ1) is 22.3. The van der Waals surface area contributed by atoms with Crippen LogP contribution in [0.1, 0.15) is 12.6 Å². The molecule has 15 heteroatoms. The Labute approximate surface area is 199 Å². The summed E-state index contributed by atoms with van der Waals surface area (Å²) >= 11 is 12.2. The number of fused-ring (bicyclic) bond motifs is 3. The van der Waals surface area contributed by atoms with E-state index < -0.39 is 18.1 Å². The topological polar surface area (TPSA) is 96.2 Å². The van der Waals surface area contributed by atoms with Gasteiger partial charge in [-0.25, -0.2) is 9.50 Å². The second kappa shape index (κ2) is 7.53. The van der Waals surface area contributed by atoms with Gasteiger partial charge in [0, 0.05) is 19.3 Å². The Bertz CT molecular complexity index is 1450. The highest BCUT2D eigenvalue weighted by Gasteiger charge is 2.63. The molecule has 4 aromatic rings. The molecule has 0 unspecified atom stereocenters. The molecule has 176 valence electrons. The van der Waals surface area contributed by atoms with Crippen LogP contribution in [-0.2, 0) is 12.5 Å². The number of halogens is 5. The maximum Gasteiger partial charge on any atom is 0.401 e. The third-order valence-electron chi connectivity index (χ3n) is 5.57. The molecule has 0 aliphatic carbocycles. The highest BCUT2D eigenvalue weighted by molar-refractivity contribution is 6.33. The van der Waals surface area contributed by atoms with Gasteiger partial charge in [-0.05, 0) is 19.1 Å². The van der Waals surface area contributed by atoms with Crippen molar-refractivity contribution in [3.8, 4) is 11.4 Å². The van der Waals surface area contributed by atoms with Gasteiger partial charge < -0.3 is 0 Å². The molecule has 0 fully saturated rings. The van der Waals surface area contributed by atoms with Gasteiger partial charge in [-0.1, -0.05) is 33.6 Å². The summed E-state index contributed by atoms with van der Waals surface area (Å²) in [5, 5.41) is 9.23. The molecule has 1 aliphatic heterocycles. The van der Waals surface area contributed by atoms with Crippen LogP contribution < -0.4 is 10.4 Å². The van der Waals surface area contributed by atoms with Crippen molar-refractivity contribution in [2.24, 2.45) is 7.05 Å². The molecule has 34 heavy (non-hydrogen) atoms. The number of pyridine rings is 1. The average Bonchev–Trinajstić information content (AvgIpc) is 3.42. The molecule has 1 aliphatic rings. The molecule has 5 rings (SSSR count). The van der Waals surface area contributed by atoms with Gasteiger partial charge in [0.05, 0.1) is 28.0 Å². The molecule has 4 aromatic heterocycles. The number of hydrogen-bond donors (Lipinski definition) is 1. The van der Waals surface area contributed by atoms with Gasteiger partial charge in [0.1, 0.15) is 34.7 Å². The number of nitroso groups, excluding NO2 is 1. The van der Waals surface area contributed by atoms with E-state index in [4.69, 9.17) is 23.2 Å². The van der Waals surface area contributed by atoms with Crippen LogP contribution in [0, 0.1) is 4.91 Å². The standard InChI is InChI=1S/C19H15Cl2F3N9O/c1-18(19(22,23)24)9-31(13-8-25-15-6-14(21)29-32(15)17(13)18)33(34)27-10-5-11(20)16(26-7-10)12-3-4-30(2)28-12/h3-8H,9H2,1-2H3,(H,27,34)/q+1/t18-/m1/s1. The number of anilines is 2. The van der Waals surface area contributed by atoms with Crippen molar-refractivity contribution in [1.29, 1.82) is 0 Å². The molecule has 5 heterocycles. The van der Waals surface area contributed by atoms with E-state index in [0.29, 0.717) is 11.4 Å². The zero-order chi connectivity index (χ0) is 24.4. The second-order valence-corrected chi connectivity index (χ2v) is 8.72. The molecule has 0 radical (unpaired) electrons. The zero-order valence-corrected chi connectivity index (χ0v) is 19.1. The van der Waals surface area contributed by atoms with E-state index in [2.05, 4.69) is 25.6 Å². The first-order valence-corrected chi connectivity index (χ1v) is 10.5. The van der Waals surface area contributed by atoms with Crippen molar-refractivity contribution in [1.82, 2.24) is 29.4 Å². The van der Waals surface area contributed by atoms with Crippen molar-refractivity contribution in [3.05, 3.63) is 57.6 Å². The molecule has 1 N–H and O–H groups in total. The molecule has 0 spiro atoms. The van der Waals surface area contributed by atoms with E-state index in [0.717, 1.165) is 16.4 Å². The van der Waals surface area contributed by atoms with Crippen LogP contribution in [0.5, 0.6) is 0 Å². The largest absolute Gasteiger partial charge is 0.401 e. The summed E-state index contributed by atoms with van der Waals surface area (Å²) in [5.74, 6) is 0. The fraction of sp³-hybridized carbons (Fsp3) is 0.263. The molecule has 0 saturated carbocycles. The van der Waals surface area contributed by atoms with Gasteiger partial charge in [-0.3, -0.25) is 9.67 Å². The monoisotopic (exact) mass is 512 g/mol. The second-order valence-electron chi connectivity index (χ2n) is 7.93. The Balaban J connectivity index is 1.50. The van der Waals surface area contributed by atoms with E-state index in [1.165, 1.54) is 24.5 Å². The maximum atomic E-state index is 14.2. The highest BCUT2D eigenvalue weighted by atomic mass is 35.5. The number of rotatable bonds is 4. The lowest BCUT2D eigenvalue weighted by molar-refractivity contribution is -0.532. The van der Waals surface area contributed by atoms with Gasteiger partial charge in [0.15, 0.2) is 10.8 Å². The number of hydrazine groups is 2. The van der Waals surface area contributed by atoms with E-state index in [-0.39, 0.29) is 37.9 Å². The van der Waals surface area contributed by atoms with Crippen LogP contribution in [0.3, 0.4) is 0 Å². The van der Waals surface area contributed by atoms with Crippen molar-refractivity contribution >= 4 is 40.2 Å². The summed E-state index contributed by atoms with van der Waals surface area (Å²) in [4.78, 5) is 21.5. The fourth-order valence-electron chi connectivity index (χ4n) is 3.85. The summed E-state index contributed by atoms with van der Waals surface area (Å²) in [7, 11) is 1.74. The first-order chi connectivity index (χ1) is 16.0. The molecule has 0 aromatic carbocycles. The number of alkyl halides is 3. The molecular weight excluding hydrogens is 498 g/mol. The minimum absolute atomic E-state index is 0.0188. The van der Waals surface area contributed by atoms with Crippen molar-refractivity contribution in [2.75, 3.05) is 17.0 Å². The predicted octanol–water partition coefficient (Wildman–Crippen LogP) is 4.19. The Hall–Kier alpha value is -3.45. The average molecular weight is 513 g/mol. The first-order valence-electron chi connectivity index (χ1n) is 9.76. The molecule has 1 atom stereocenters. The summed E-state index contributed by atoms with van der Waals surface area (Å²) in [6, 6.07) is 4.49. The van der Waals surface area contributed by atoms with Gasteiger partial charge >= 0.3 is 6.18 Å². The normalized spacial score (nSPS) is 17.9. The lowest BCUT2D eigenvalue weighted by Crippen LogP contribution is -2.47. The third-order valence-corrected chi connectivity index (χ3v) is 6.04. The number of nitrogens with zero attached hydrogens (tertiary/aromatic N) is 8. The summed E-state index contributed by atoms with van der Waals surface area (Å²) in [6.45, 7) is 0.280. The van der Waals surface area contributed by atoms with E-state index >= 15 is 0 Å². The summed E-state index contributed by atoms with van der Waals surface area (Å²) in [6.07, 6.45) is -0.463. The highest BCUT2D eigenvalue weighted by Crippen LogP contribution is 2.49.